The lowest BCUT2D eigenvalue weighted by molar-refractivity contribution is 0.278. The summed E-state index contributed by atoms with van der Waals surface area (Å²) in [4.78, 5) is 0. The Labute approximate surface area is 123 Å². The average Bonchev–Trinajstić information content (AvgIpc) is 2.53. The van der Waals surface area contributed by atoms with Crippen LogP contribution >= 0.6 is 0 Å². The predicted molar refractivity (Wildman–Crippen MR) is 79.0 cm³/mol. The smallest absolute Gasteiger partial charge is 0.138 e. The van der Waals surface area contributed by atoms with E-state index in [4.69, 9.17) is 15.6 Å². The summed E-state index contributed by atoms with van der Waals surface area (Å²) in [6.45, 7) is 0.452. The van der Waals surface area contributed by atoms with Gasteiger partial charge in [0.05, 0.1) is 18.7 Å². The van der Waals surface area contributed by atoms with Gasteiger partial charge in [-0.1, -0.05) is 30.0 Å². The fourth-order valence-electron chi connectivity index (χ4n) is 1.80. The van der Waals surface area contributed by atoms with Gasteiger partial charge in [0, 0.05) is 0 Å². The number of aliphatic hydroxyl groups excluding tert-OH is 1. The number of rotatable bonds is 4. The van der Waals surface area contributed by atoms with E-state index >= 15 is 0 Å². The summed E-state index contributed by atoms with van der Waals surface area (Å²) in [6, 6.07) is 11.8. The third kappa shape index (κ3) is 4.32. The molecule has 2 rings (SSSR count). The molecule has 0 aliphatic carbocycles. The minimum atomic E-state index is -0.373. The molecular formula is C17H16FNO2. The first-order valence-electron chi connectivity index (χ1n) is 6.53. The topological polar surface area (TPSA) is 55.5 Å². The van der Waals surface area contributed by atoms with E-state index in [0.29, 0.717) is 17.9 Å². The molecule has 0 radical (unpaired) electrons. The number of hydrogen-bond acceptors (Lipinski definition) is 3. The Kier molecular flexibility index (Phi) is 5.33. The normalized spacial score (nSPS) is 9.86. The van der Waals surface area contributed by atoms with Crippen molar-refractivity contribution in [3.8, 4) is 17.6 Å². The molecular weight excluding hydrogens is 269 g/mol. The predicted octanol–water partition coefficient (Wildman–Crippen LogP) is 2.21. The van der Waals surface area contributed by atoms with E-state index in [-0.39, 0.29) is 19.0 Å². The molecule has 0 amide bonds. The number of benzene rings is 2. The fourth-order valence-corrected chi connectivity index (χ4v) is 1.80. The highest BCUT2D eigenvalue weighted by atomic mass is 19.1. The molecule has 3 N–H and O–H groups in total. The van der Waals surface area contributed by atoms with Crippen molar-refractivity contribution in [2.45, 2.75) is 13.2 Å². The van der Waals surface area contributed by atoms with Gasteiger partial charge in [-0.15, -0.1) is 0 Å². The van der Waals surface area contributed by atoms with Crippen molar-refractivity contribution < 1.29 is 14.2 Å². The fraction of sp³-hybridized carbons (Fsp3) is 0.176. The maximum absolute atomic E-state index is 13.5. The van der Waals surface area contributed by atoms with E-state index in [1.165, 1.54) is 6.07 Å². The number of halogens is 1. The van der Waals surface area contributed by atoms with E-state index < -0.39 is 0 Å². The Morgan fingerprint density at radius 1 is 1.14 bits per heavy atom. The standard InChI is InChI=1S/C17H16FNO2/c18-17-7-6-14(9-15(17)4-2-8-19)12-21-16-5-1-3-13(10-16)11-20/h1,3,5-7,9-10,20H,8,11-12,19H2. The van der Waals surface area contributed by atoms with Gasteiger partial charge in [-0.3, -0.25) is 0 Å². The van der Waals surface area contributed by atoms with Crippen molar-refractivity contribution in [3.05, 3.63) is 65.0 Å². The molecule has 0 unspecified atom stereocenters. The monoisotopic (exact) mass is 285 g/mol. The number of ether oxygens (including phenoxy) is 1. The van der Waals surface area contributed by atoms with Crippen LogP contribution in [0.15, 0.2) is 42.5 Å². The zero-order chi connectivity index (χ0) is 15.1. The molecule has 0 fully saturated rings. The maximum atomic E-state index is 13.5. The highest BCUT2D eigenvalue weighted by Crippen LogP contribution is 2.16. The molecule has 0 aliphatic heterocycles. The zero-order valence-corrected chi connectivity index (χ0v) is 11.5. The lowest BCUT2D eigenvalue weighted by atomic mass is 10.1. The van der Waals surface area contributed by atoms with Crippen molar-refractivity contribution in [1.82, 2.24) is 0 Å². The van der Waals surface area contributed by atoms with Crippen LogP contribution in [0.25, 0.3) is 0 Å². The van der Waals surface area contributed by atoms with Crippen LogP contribution in [0.5, 0.6) is 5.75 Å². The molecule has 2 aromatic carbocycles. The van der Waals surface area contributed by atoms with Crippen LogP contribution < -0.4 is 10.5 Å². The lowest BCUT2D eigenvalue weighted by Gasteiger charge is -2.08. The molecule has 4 heteroatoms. The SMILES string of the molecule is NCC#Cc1cc(COc2cccc(CO)c2)ccc1F. The van der Waals surface area contributed by atoms with Crippen LogP contribution in [0, 0.1) is 17.7 Å². The molecule has 21 heavy (non-hydrogen) atoms. The Morgan fingerprint density at radius 2 is 2.00 bits per heavy atom. The third-order valence-corrected chi connectivity index (χ3v) is 2.84. The third-order valence-electron chi connectivity index (χ3n) is 2.84. The first-order chi connectivity index (χ1) is 10.2. The van der Waals surface area contributed by atoms with Gasteiger partial charge < -0.3 is 15.6 Å². The summed E-state index contributed by atoms with van der Waals surface area (Å²) >= 11 is 0. The van der Waals surface area contributed by atoms with Gasteiger partial charge in [0.1, 0.15) is 18.2 Å². The summed E-state index contributed by atoms with van der Waals surface area (Å²) in [5.74, 6) is 5.60. The zero-order valence-electron chi connectivity index (χ0n) is 11.5. The highest BCUT2D eigenvalue weighted by molar-refractivity contribution is 5.38. The van der Waals surface area contributed by atoms with Gasteiger partial charge >= 0.3 is 0 Å². The molecule has 0 aliphatic rings. The summed E-state index contributed by atoms with van der Waals surface area (Å²) in [7, 11) is 0. The average molecular weight is 285 g/mol. The second-order valence-electron chi connectivity index (χ2n) is 4.41. The lowest BCUT2D eigenvalue weighted by Crippen LogP contribution is -1.98. The van der Waals surface area contributed by atoms with E-state index in [0.717, 1.165) is 11.1 Å². The van der Waals surface area contributed by atoms with Crippen molar-refractivity contribution in [2.75, 3.05) is 6.54 Å². The van der Waals surface area contributed by atoms with Crippen molar-refractivity contribution in [3.63, 3.8) is 0 Å². The van der Waals surface area contributed by atoms with E-state index in [1.807, 2.05) is 12.1 Å². The molecule has 0 saturated carbocycles. The van der Waals surface area contributed by atoms with E-state index in [2.05, 4.69) is 11.8 Å². The second kappa shape index (κ2) is 7.44. The van der Waals surface area contributed by atoms with Gasteiger partial charge in [-0.2, -0.15) is 0 Å². The summed E-state index contributed by atoms with van der Waals surface area (Å²) < 4.78 is 19.2. The summed E-state index contributed by atoms with van der Waals surface area (Å²) in [6.07, 6.45) is 0. The Bertz CT molecular complexity index is 674. The van der Waals surface area contributed by atoms with Gasteiger partial charge in [-0.05, 0) is 35.4 Å². The largest absolute Gasteiger partial charge is 0.489 e. The summed E-state index contributed by atoms with van der Waals surface area (Å²) in [5, 5.41) is 9.07. The highest BCUT2D eigenvalue weighted by Gasteiger charge is 2.03. The van der Waals surface area contributed by atoms with Crippen LogP contribution in [0.1, 0.15) is 16.7 Å². The Balaban J connectivity index is 2.09. The van der Waals surface area contributed by atoms with Crippen LogP contribution in [0.4, 0.5) is 4.39 Å². The van der Waals surface area contributed by atoms with Gasteiger partial charge in [0.25, 0.3) is 0 Å². The summed E-state index contributed by atoms with van der Waals surface area (Å²) in [5.41, 5.74) is 7.19. The molecule has 108 valence electrons. The van der Waals surface area contributed by atoms with Gasteiger partial charge in [0.2, 0.25) is 0 Å². The van der Waals surface area contributed by atoms with Crippen LogP contribution in [-0.2, 0) is 13.2 Å². The van der Waals surface area contributed by atoms with Gasteiger partial charge in [-0.25, -0.2) is 4.39 Å². The van der Waals surface area contributed by atoms with Crippen molar-refractivity contribution in [2.24, 2.45) is 5.73 Å². The molecule has 0 saturated heterocycles. The maximum Gasteiger partial charge on any atom is 0.138 e. The van der Waals surface area contributed by atoms with Crippen LogP contribution in [0.2, 0.25) is 0 Å². The first-order valence-corrected chi connectivity index (χ1v) is 6.53. The van der Waals surface area contributed by atoms with E-state index in [1.54, 1.807) is 24.3 Å². The van der Waals surface area contributed by atoms with Crippen molar-refractivity contribution >= 4 is 0 Å². The number of hydrogen-bond donors (Lipinski definition) is 2. The van der Waals surface area contributed by atoms with E-state index in [9.17, 15) is 4.39 Å². The molecule has 2 aromatic rings. The minimum absolute atomic E-state index is 0.0351. The number of aliphatic hydroxyl groups is 1. The molecule has 0 bridgehead atoms. The number of nitrogens with two attached hydrogens (primary N) is 1. The quantitative estimate of drug-likeness (QED) is 0.847. The minimum Gasteiger partial charge on any atom is -0.489 e. The molecule has 0 atom stereocenters. The molecule has 0 spiro atoms. The molecule has 0 aromatic heterocycles. The Morgan fingerprint density at radius 3 is 2.76 bits per heavy atom. The van der Waals surface area contributed by atoms with Crippen molar-refractivity contribution in [1.29, 1.82) is 0 Å². The molecule has 0 heterocycles. The van der Waals surface area contributed by atoms with Crippen LogP contribution in [0.3, 0.4) is 0 Å². The van der Waals surface area contributed by atoms with Gasteiger partial charge in [0.15, 0.2) is 0 Å². The van der Waals surface area contributed by atoms with Crippen LogP contribution in [-0.4, -0.2) is 11.7 Å². The Hall–Kier alpha value is -2.35. The second-order valence-corrected chi connectivity index (χ2v) is 4.41. The molecule has 3 nitrogen and oxygen atoms in total. The first kappa shape index (κ1) is 15.0.